The van der Waals surface area contributed by atoms with E-state index < -0.39 is 19.1 Å². The summed E-state index contributed by atoms with van der Waals surface area (Å²) in [5.41, 5.74) is 5.36. The normalized spacial score (nSPS) is 15.8. The Balaban J connectivity index is 4.23. The zero-order valence-electron chi connectivity index (χ0n) is 11.7. The van der Waals surface area contributed by atoms with Gasteiger partial charge in [-0.3, -0.25) is 19.9 Å². The van der Waals surface area contributed by atoms with Crippen LogP contribution in [0.15, 0.2) is 0 Å². The first-order valence-corrected chi connectivity index (χ1v) is 8.73. The molecule has 0 rings (SSSR count). The maximum Gasteiger partial charge on any atom is 0.259 e. The number of nitrogens with one attached hydrogen (secondary N) is 1. The summed E-state index contributed by atoms with van der Waals surface area (Å²) in [6.45, 7) is 3.74. The second-order valence-corrected chi connectivity index (χ2v) is 7.15. The number of hydrogen-bond acceptors (Lipinski definition) is 5. The van der Waals surface area contributed by atoms with E-state index in [4.69, 9.17) is 5.73 Å². The van der Waals surface area contributed by atoms with Gasteiger partial charge in [0.05, 0.1) is 12.3 Å². The minimum atomic E-state index is -3.33. The summed E-state index contributed by atoms with van der Waals surface area (Å²) in [5.74, 6) is -1.17. The van der Waals surface area contributed by atoms with E-state index in [2.05, 4.69) is 5.32 Å². The first-order chi connectivity index (χ1) is 8.82. The lowest BCUT2D eigenvalue weighted by Crippen LogP contribution is -2.40. The smallest absolute Gasteiger partial charge is 0.259 e. The quantitative estimate of drug-likeness (QED) is 0.266. The summed E-state index contributed by atoms with van der Waals surface area (Å²) < 4.78 is 11.6. The summed E-state index contributed by atoms with van der Waals surface area (Å²) in [7, 11) is -3.33. The molecule has 5 N–H and O–H groups in total. The van der Waals surface area contributed by atoms with E-state index in [1.165, 1.54) is 6.66 Å². The number of nitrogens with two attached hydrogens (primary N) is 1. The molecule has 0 saturated heterocycles. The summed E-state index contributed by atoms with van der Waals surface area (Å²) in [6.07, 6.45) is 2.61. The van der Waals surface area contributed by atoms with Crippen LogP contribution >= 0.6 is 7.37 Å². The Labute approximate surface area is 114 Å². The molecule has 0 aromatic rings. The van der Waals surface area contributed by atoms with Crippen LogP contribution in [0.2, 0.25) is 0 Å². The molecule has 0 radical (unpaired) electrons. The molecule has 0 aliphatic heterocycles. The minimum Gasteiger partial charge on any atom is -0.343 e. The molecule has 2 unspecified atom stereocenters. The van der Waals surface area contributed by atoms with Crippen molar-refractivity contribution in [3.8, 4) is 0 Å². The third-order valence-corrected chi connectivity index (χ3v) is 4.36. The van der Waals surface area contributed by atoms with E-state index in [0.29, 0.717) is 30.9 Å². The highest BCUT2D eigenvalue weighted by Crippen LogP contribution is 2.42. The van der Waals surface area contributed by atoms with Crippen molar-refractivity contribution in [2.75, 3.05) is 26.3 Å². The lowest BCUT2D eigenvalue weighted by Gasteiger charge is -2.22. The zero-order chi connectivity index (χ0) is 14.9. The third-order valence-electron chi connectivity index (χ3n) is 2.76. The van der Waals surface area contributed by atoms with Crippen LogP contribution in [-0.2, 0) is 9.36 Å². The maximum absolute atomic E-state index is 11.6. The average Bonchev–Trinajstić information content (AvgIpc) is 2.33. The third kappa shape index (κ3) is 8.34. The van der Waals surface area contributed by atoms with Crippen LogP contribution in [0, 0.1) is 0 Å². The molecule has 0 aliphatic rings. The number of unbranched alkanes of at least 4 members (excludes halogenated alkanes) is 1. The molecule has 0 bridgehead atoms. The van der Waals surface area contributed by atoms with Crippen LogP contribution in [-0.4, -0.2) is 53.2 Å². The van der Waals surface area contributed by atoms with Crippen molar-refractivity contribution in [3.05, 3.63) is 0 Å². The molecular weight excluding hydrogens is 269 g/mol. The van der Waals surface area contributed by atoms with Gasteiger partial charge in [0.15, 0.2) is 0 Å². The van der Waals surface area contributed by atoms with Crippen LogP contribution in [0.3, 0.4) is 0 Å². The fourth-order valence-electron chi connectivity index (χ4n) is 1.55. The van der Waals surface area contributed by atoms with Gasteiger partial charge >= 0.3 is 0 Å². The molecule has 114 valence electrons. The predicted molar refractivity (Wildman–Crippen MR) is 74.2 cm³/mol. The molecule has 7 nitrogen and oxygen atoms in total. The highest BCUT2D eigenvalue weighted by atomic mass is 31.2. The molecule has 0 aromatic carbocycles. The van der Waals surface area contributed by atoms with E-state index >= 15 is 0 Å². The van der Waals surface area contributed by atoms with Gasteiger partial charge in [-0.1, -0.05) is 13.3 Å². The highest BCUT2D eigenvalue weighted by Gasteiger charge is 2.25. The van der Waals surface area contributed by atoms with Crippen molar-refractivity contribution in [3.63, 3.8) is 0 Å². The van der Waals surface area contributed by atoms with Crippen molar-refractivity contribution in [2.24, 2.45) is 5.73 Å². The van der Waals surface area contributed by atoms with Crippen molar-refractivity contribution < 1.29 is 19.5 Å². The second kappa shape index (κ2) is 9.44. The van der Waals surface area contributed by atoms with E-state index in [-0.39, 0.29) is 13.1 Å². The summed E-state index contributed by atoms with van der Waals surface area (Å²) in [6, 6.07) is 0. The Kier molecular flexibility index (Phi) is 9.22. The second-order valence-electron chi connectivity index (χ2n) is 4.64. The molecule has 0 aliphatic carbocycles. The summed E-state index contributed by atoms with van der Waals surface area (Å²) in [4.78, 5) is 21.1. The van der Waals surface area contributed by atoms with Crippen LogP contribution in [0.25, 0.3) is 0 Å². The van der Waals surface area contributed by atoms with Gasteiger partial charge in [-0.25, -0.2) is 5.06 Å². The molecule has 0 spiro atoms. The van der Waals surface area contributed by atoms with Gasteiger partial charge in [0.25, 0.3) is 5.91 Å². The van der Waals surface area contributed by atoms with Crippen molar-refractivity contribution >= 4 is 13.3 Å². The number of nitrogens with zero attached hydrogens (tertiary/aromatic N) is 1. The van der Waals surface area contributed by atoms with Gasteiger partial charge in [-0.05, 0) is 25.8 Å². The Morgan fingerprint density at radius 3 is 2.58 bits per heavy atom. The summed E-state index contributed by atoms with van der Waals surface area (Å²) >= 11 is 0. The van der Waals surface area contributed by atoms with Gasteiger partial charge in [0.1, 0.15) is 0 Å². The van der Waals surface area contributed by atoms with E-state index in [1.807, 2.05) is 6.92 Å². The monoisotopic (exact) mass is 295 g/mol. The minimum absolute atomic E-state index is 0.159. The van der Waals surface area contributed by atoms with Gasteiger partial charge in [0, 0.05) is 13.2 Å². The molecule has 19 heavy (non-hydrogen) atoms. The molecule has 0 saturated carbocycles. The maximum atomic E-state index is 11.6. The van der Waals surface area contributed by atoms with Crippen LogP contribution in [0.4, 0.5) is 0 Å². The fraction of sp³-hybridized carbons (Fsp3) is 0.909. The van der Waals surface area contributed by atoms with Gasteiger partial charge in [0.2, 0.25) is 7.37 Å². The van der Waals surface area contributed by atoms with Crippen LogP contribution in [0.5, 0.6) is 0 Å². The van der Waals surface area contributed by atoms with Crippen molar-refractivity contribution in [1.29, 1.82) is 0 Å². The van der Waals surface area contributed by atoms with Crippen molar-refractivity contribution in [2.45, 2.75) is 38.4 Å². The number of hydrogen-bond donors (Lipinski definition) is 4. The molecule has 1 amide bonds. The SMILES string of the molecule is CCCCN(O)C(=O)CNC(CCCN)P(C)(=O)O. The van der Waals surface area contributed by atoms with Crippen LogP contribution in [0.1, 0.15) is 32.6 Å². The van der Waals surface area contributed by atoms with Crippen LogP contribution < -0.4 is 11.1 Å². The standard InChI is InChI=1S/C11H26N3O4P/c1-3-4-8-14(16)11(15)9-13-10(6-5-7-12)19(2,17)18/h10,13,16H,3-9,12H2,1-2H3,(H,17,18). The zero-order valence-corrected chi connectivity index (χ0v) is 12.6. The number of rotatable bonds is 10. The van der Waals surface area contributed by atoms with E-state index in [1.54, 1.807) is 0 Å². The first-order valence-electron chi connectivity index (χ1n) is 6.55. The molecule has 0 heterocycles. The number of carbonyl (C=O) groups excluding carboxylic acids is 1. The lowest BCUT2D eigenvalue weighted by molar-refractivity contribution is -0.164. The molecule has 0 aromatic heterocycles. The number of hydroxylamine groups is 2. The Morgan fingerprint density at radius 1 is 1.47 bits per heavy atom. The average molecular weight is 295 g/mol. The first kappa shape index (κ1) is 18.5. The van der Waals surface area contributed by atoms with Crippen molar-refractivity contribution in [1.82, 2.24) is 10.4 Å². The fourth-order valence-corrected chi connectivity index (χ4v) is 2.64. The predicted octanol–water partition coefficient (Wildman–Crippen LogP) is 0.559. The Bertz CT molecular complexity index is 308. The van der Waals surface area contributed by atoms with E-state index in [9.17, 15) is 19.5 Å². The Morgan fingerprint density at radius 2 is 2.11 bits per heavy atom. The van der Waals surface area contributed by atoms with Gasteiger partial charge < -0.3 is 10.6 Å². The molecule has 2 atom stereocenters. The largest absolute Gasteiger partial charge is 0.343 e. The van der Waals surface area contributed by atoms with E-state index in [0.717, 1.165) is 6.42 Å². The summed E-state index contributed by atoms with van der Waals surface area (Å²) in [5, 5.41) is 12.8. The molecule has 8 heteroatoms. The molecular formula is C11H26N3O4P. The number of amides is 1. The number of carbonyl (C=O) groups is 1. The van der Waals surface area contributed by atoms with Gasteiger partial charge in [-0.15, -0.1) is 0 Å². The molecule has 0 fully saturated rings. The van der Waals surface area contributed by atoms with Gasteiger partial charge in [-0.2, -0.15) is 0 Å². The highest BCUT2D eigenvalue weighted by molar-refractivity contribution is 7.57. The topological polar surface area (TPSA) is 116 Å². The Hall–Kier alpha value is -0.460. The lowest BCUT2D eigenvalue weighted by atomic mass is 10.3.